The normalized spacial score (nSPS) is 23.2. The van der Waals surface area contributed by atoms with Crippen LogP contribution in [0.3, 0.4) is 0 Å². The first-order valence-corrected chi connectivity index (χ1v) is 10.9. The van der Waals surface area contributed by atoms with E-state index in [1.165, 1.54) is 49.5 Å². The third kappa shape index (κ3) is 2.94. The standard InChI is InChI=1S/C22H28N4OS/c1-15-12-21-23-25(14-24-11-5-7-16-6-3-4-8-19(16)24)22(28)26(21)20-13-17(27-2)9-10-18(15)20/h9-10,12-13,16,19H,3-8,11,14H2,1-2H3/t16-,19+/m0/s1. The molecule has 1 saturated heterocycles. The highest BCUT2D eigenvalue weighted by atomic mass is 32.1. The maximum Gasteiger partial charge on any atom is 0.204 e. The summed E-state index contributed by atoms with van der Waals surface area (Å²) in [6.45, 7) is 4.09. The summed E-state index contributed by atoms with van der Waals surface area (Å²) < 4.78 is 10.4. The third-order valence-electron chi connectivity index (χ3n) is 6.75. The van der Waals surface area contributed by atoms with Gasteiger partial charge in [0.2, 0.25) is 4.77 Å². The second-order valence-electron chi connectivity index (χ2n) is 8.39. The van der Waals surface area contributed by atoms with Crippen LogP contribution < -0.4 is 4.74 Å². The van der Waals surface area contributed by atoms with Crippen molar-refractivity contribution in [2.45, 2.75) is 58.2 Å². The number of aromatic nitrogens is 3. The summed E-state index contributed by atoms with van der Waals surface area (Å²) in [5.74, 6) is 1.70. The molecule has 2 atom stereocenters. The highest BCUT2D eigenvalue weighted by Crippen LogP contribution is 2.35. The van der Waals surface area contributed by atoms with E-state index < -0.39 is 0 Å². The van der Waals surface area contributed by atoms with Gasteiger partial charge in [0, 0.05) is 24.0 Å². The van der Waals surface area contributed by atoms with Gasteiger partial charge in [-0.2, -0.15) is 5.10 Å². The van der Waals surface area contributed by atoms with Crippen molar-refractivity contribution in [1.29, 1.82) is 0 Å². The molecule has 3 aromatic rings. The monoisotopic (exact) mass is 396 g/mol. The van der Waals surface area contributed by atoms with Crippen LogP contribution in [0.15, 0.2) is 24.3 Å². The van der Waals surface area contributed by atoms with E-state index in [1.807, 2.05) is 10.7 Å². The predicted octanol–water partition coefficient (Wildman–Crippen LogP) is 4.95. The predicted molar refractivity (Wildman–Crippen MR) is 114 cm³/mol. The van der Waals surface area contributed by atoms with Crippen molar-refractivity contribution in [1.82, 2.24) is 19.1 Å². The molecule has 0 bridgehead atoms. The number of rotatable bonds is 3. The summed E-state index contributed by atoms with van der Waals surface area (Å²) >= 11 is 5.89. The Balaban J connectivity index is 1.58. The molecule has 0 spiro atoms. The molecule has 0 N–H and O–H groups in total. The van der Waals surface area contributed by atoms with E-state index in [0.717, 1.165) is 40.8 Å². The zero-order valence-corrected chi connectivity index (χ0v) is 17.5. The Bertz CT molecular complexity index is 1080. The summed E-state index contributed by atoms with van der Waals surface area (Å²) in [6.07, 6.45) is 8.15. The minimum absolute atomic E-state index is 0.702. The van der Waals surface area contributed by atoms with E-state index in [0.29, 0.717) is 6.04 Å². The molecular formula is C22H28N4OS. The number of pyridine rings is 1. The summed E-state index contributed by atoms with van der Waals surface area (Å²) in [5.41, 5.74) is 3.20. The van der Waals surface area contributed by atoms with E-state index in [9.17, 15) is 0 Å². The van der Waals surface area contributed by atoms with Crippen LogP contribution in [-0.4, -0.2) is 38.8 Å². The number of benzene rings is 1. The largest absolute Gasteiger partial charge is 0.497 e. The van der Waals surface area contributed by atoms with Crippen LogP contribution >= 0.6 is 12.2 Å². The Morgan fingerprint density at radius 3 is 2.82 bits per heavy atom. The van der Waals surface area contributed by atoms with Gasteiger partial charge in [-0.15, -0.1) is 0 Å². The fourth-order valence-corrected chi connectivity index (χ4v) is 5.63. The number of fused-ring (bicyclic) bond motifs is 4. The highest BCUT2D eigenvalue weighted by Gasteiger charge is 2.33. The molecule has 1 aliphatic carbocycles. The summed E-state index contributed by atoms with van der Waals surface area (Å²) in [7, 11) is 1.70. The van der Waals surface area contributed by atoms with Crippen LogP contribution in [-0.2, 0) is 6.67 Å². The maximum atomic E-state index is 5.89. The molecule has 6 heteroatoms. The van der Waals surface area contributed by atoms with Crippen molar-refractivity contribution in [3.8, 4) is 5.75 Å². The van der Waals surface area contributed by atoms with E-state index in [2.05, 4.69) is 34.4 Å². The Morgan fingerprint density at radius 1 is 1.14 bits per heavy atom. The number of methoxy groups -OCH3 is 1. The van der Waals surface area contributed by atoms with Crippen molar-refractivity contribution in [3.05, 3.63) is 34.6 Å². The lowest BCUT2D eigenvalue weighted by molar-refractivity contribution is 0.0325. The fourth-order valence-electron chi connectivity index (χ4n) is 5.34. The summed E-state index contributed by atoms with van der Waals surface area (Å²) in [6, 6.07) is 9.02. The van der Waals surface area contributed by atoms with Crippen LogP contribution in [0.5, 0.6) is 5.75 Å². The first-order chi connectivity index (χ1) is 13.7. The first kappa shape index (κ1) is 18.1. The lowest BCUT2D eigenvalue weighted by Gasteiger charge is -2.43. The molecule has 2 aliphatic rings. The summed E-state index contributed by atoms with van der Waals surface area (Å²) in [4.78, 5) is 2.63. The number of likely N-dealkylation sites (tertiary alicyclic amines) is 1. The van der Waals surface area contributed by atoms with Crippen molar-refractivity contribution in [2.75, 3.05) is 13.7 Å². The molecule has 5 nitrogen and oxygen atoms in total. The Morgan fingerprint density at radius 2 is 1.96 bits per heavy atom. The van der Waals surface area contributed by atoms with Crippen LogP contribution in [0.4, 0.5) is 0 Å². The quantitative estimate of drug-likeness (QED) is 0.587. The molecule has 2 fully saturated rings. The fraction of sp³-hybridized carbons (Fsp3) is 0.545. The van der Waals surface area contributed by atoms with Gasteiger partial charge in [-0.3, -0.25) is 9.30 Å². The zero-order valence-electron chi connectivity index (χ0n) is 16.7. The zero-order chi connectivity index (χ0) is 19.3. The first-order valence-electron chi connectivity index (χ1n) is 10.5. The molecule has 1 aromatic carbocycles. The lowest BCUT2D eigenvalue weighted by atomic mass is 9.78. The van der Waals surface area contributed by atoms with Crippen molar-refractivity contribution in [2.24, 2.45) is 5.92 Å². The Labute approximate surface area is 170 Å². The van der Waals surface area contributed by atoms with Crippen LogP contribution in [0.2, 0.25) is 0 Å². The minimum Gasteiger partial charge on any atom is -0.497 e. The van der Waals surface area contributed by atoms with Gasteiger partial charge < -0.3 is 4.74 Å². The second kappa shape index (κ2) is 7.16. The minimum atomic E-state index is 0.702. The number of piperidine rings is 1. The maximum absolute atomic E-state index is 5.89. The van der Waals surface area contributed by atoms with Crippen molar-refractivity contribution in [3.63, 3.8) is 0 Å². The molecule has 0 amide bonds. The van der Waals surface area contributed by atoms with Gasteiger partial charge in [-0.1, -0.05) is 12.8 Å². The van der Waals surface area contributed by atoms with Gasteiger partial charge >= 0.3 is 0 Å². The molecular weight excluding hydrogens is 368 g/mol. The van der Waals surface area contributed by atoms with Crippen LogP contribution in [0.1, 0.15) is 44.1 Å². The molecule has 1 saturated carbocycles. The number of nitrogens with zero attached hydrogens (tertiary/aromatic N) is 4. The molecule has 0 radical (unpaired) electrons. The van der Waals surface area contributed by atoms with Gasteiger partial charge in [-0.25, -0.2) is 4.68 Å². The Kier molecular flexibility index (Phi) is 4.63. The molecule has 1 aliphatic heterocycles. The topological polar surface area (TPSA) is 34.7 Å². The molecule has 0 unspecified atom stereocenters. The van der Waals surface area contributed by atoms with Gasteiger partial charge in [0.25, 0.3) is 0 Å². The van der Waals surface area contributed by atoms with E-state index >= 15 is 0 Å². The van der Waals surface area contributed by atoms with Gasteiger partial charge in [-0.05, 0) is 74.5 Å². The van der Waals surface area contributed by atoms with Crippen molar-refractivity contribution < 1.29 is 4.74 Å². The smallest absolute Gasteiger partial charge is 0.204 e. The molecule has 28 heavy (non-hydrogen) atoms. The van der Waals surface area contributed by atoms with E-state index in [4.69, 9.17) is 22.1 Å². The third-order valence-corrected chi connectivity index (χ3v) is 7.15. The average Bonchev–Trinajstić information content (AvgIpc) is 3.03. The second-order valence-corrected chi connectivity index (χ2v) is 8.76. The molecule has 148 valence electrons. The number of hydrogen-bond donors (Lipinski definition) is 0. The van der Waals surface area contributed by atoms with Gasteiger partial charge in [0.1, 0.15) is 5.75 Å². The van der Waals surface area contributed by atoms with Crippen LogP contribution in [0.25, 0.3) is 16.6 Å². The Hall–Kier alpha value is -1.92. The molecule has 2 aromatic heterocycles. The van der Waals surface area contributed by atoms with E-state index in [1.54, 1.807) is 7.11 Å². The number of aryl methyl sites for hydroxylation is 1. The number of hydrogen-bond acceptors (Lipinski definition) is 4. The highest BCUT2D eigenvalue weighted by molar-refractivity contribution is 7.71. The summed E-state index contributed by atoms with van der Waals surface area (Å²) in [5, 5.41) is 6.09. The molecule has 3 heterocycles. The average molecular weight is 397 g/mol. The number of ether oxygens (including phenoxy) is 1. The SMILES string of the molecule is COc1ccc2c(C)cc3nn(CN4CCC[C@@H]5CCCC[C@H]54)c(=S)n3c2c1. The van der Waals surface area contributed by atoms with Gasteiger partial charge in [0.15, 0.2) is 5.65 Å². The van der Waals surface area contributed by atoms with Gasteiger partial charge in [0.05, 0.1) is 19.3 Å². The van der Waals surface area contributed by atoms with Crippen molar-refractivity contribution >= 4 is 28.8 Å². The molecule has 5 rings (SSSR count). The lowest BCUT2D eigenvalue weighted by Crippen LogP contribution is -2.47. The van der Waals surface area contributed by atoms with E-state index in [-0.39, 0.29) is 0 Å². The van der Waals surface area contributed by atoms with Crippen LogP contribution in [0, 0.1) is 17.6 Å².